The summed E-state index contributed by atoms with van der Waals surface area (Å²) >= 11 is 0. The van der Waals surface area contributed by atoms with E-state index in [9.17, 15) is 4.79 Å². The Bertz CT molecular complexity index is 925. The molecule has 128 valence electrons. The number of ether oxygens (including phenoxy) is 1. The fourth-order valence-corrected chi connectivity index (χ4v) is 3.63. The molecule has 3 aromatic rings. The van der Waals surface area contributed by atoms with Crippen molar-refractivity contribution in [3.63, 3.8) is 0 Å². The Hall–Kier alpha value is -2.55. The Morgan fingerprint density at radius 3 is 2.60 bits per heavy atom. The number of hydrogen-bond acceptors (Lipinski definition) is 3. The van der Waals surface area contributed by atoms with Gasteiger partial charge in [-0.3, -0.25) is 0 Å². The molecular formula is C22H22O3. The molecule has 0 amide bonds. The van der Waals surface area contributed by atoms with Crippen molar-refractivity contribution in [2.75, 3.05) is 6.61 Å². The zero-order chi connectivity index (χ0) is 17.1. The van der Waals surface area contributed by atoms with Crippen LogP contribution in [0.3, 0.4) is 0 Å². The summed E-state index contributed by atoms with van der Waals surface area (Å²) in [6.07, 6.45) is 5.97. The van der Waals surface area contributed by atoms with Crippen LogP contribution < -0.4 is 10.4 Å². The maximum atomic E-state index is 12.2. The van der Waals surface area contributed by atoms with Gasteiger partial charge in [0.2, 0.25) is 0 Å². The van der Waals surface area contributed by atoms with Crippen molar-refractivity contribution in [1.29, 1.82) is 0 Å². The molecule has 0 saturated carbocycles. The predicted octanol–water partition coefficient (Wildman–Crippen LogP) is 4.68. The standard InChI is InChI=1S/C22H22O3/c23-22-20-11-5-4-10-18(20)19-13-12-17(15-21(19)25-22)24-14-6-9-16-7-2-1-3-8-16/h1-3,7-8,12-13,15H,4-6,9-11,14H2. The van der Waals surface area contributed by atoms with E-state index in [1.165, 1.54) is 11.1 Å². The zero-order valence-electron chi connectivity index (χ0n) is 14.3. The van der Waals surface area contributed by atoms with Crippen molar-refractivity contribution in [2.24, 2.45) is 0 Å². The molecule has 0 bridgehead atoms. The average Bonchev–Trinajstić information content (AvgIpc) is 2.66. The summed E-state index contributed by atoms with van der Waals surface area (Å²) in [5, 5.41) is 1.06. The lowest BCUT2D eigenvalue weighted by Crippen LogP contribution is -2.15. The van der Waals surface area contributed by atoms with Crippen LogP contribution in [0.15, 0.2) is 57.7 Å². The minimum Gasteiger partial charge on any atom is -0.493 e. The second kappa shape index (κ2) is 7.14. The van der Waals surface area contributed by atoms with Crippen molar-refractivity contribution < 1.29 is 9.15 Å². The lowest BCUT2D eigenvalue weighted by molar-refractivity contribution is 0.311. The summed E-state index contributed by atoms with van der Waals surface area (Å²) in [6.45, 7) is 0.648. The number of hydrogen-bond donors (Lipinski definition) is 0. The lowest BCUT2D eigenvalue weighted by Gasteiger charge is -2.16. The molecule has 3 nitrogen and oxygen atoms in total. The Balaban J connectivity index is 1.47. The molecule has 0 N–H and O–H groups in total. The van der Waals surface area contributed by atoms with Crippen LogP contribution in [0.1, 0.15) is 36.0 Å². The summed E-state index contributed by atoms with van der Waals surface area (Å²) in [4.78, 5) is 12.2. The molecule has 0 saturated heterocycles. The third kappa shape index (κ3) is 3.46. The SMILES string of the molecule is O=c1oc2cc(OCCCc3ccccc3)ccc2c2c1CCCC2. The quantitative estimate of drug-likeness (QED) is 0.502. The van der Waals surface area contributed by atoms with E-state index in [0.29, 0.717) is 12.2 Å². The third-order valence-electron chi connectivity index (χ3n) is 4.92. The molecule has 1 aromatic heterocycles. The van der Waals surface area contributed by atoms with Crippen molar-refractivity contribution in [3.05, 3.63) is 75.6 Å². The highest BCUT2D eigenvalue weighted by Gasteiger charge is 2.18. The van der Waals surface area contributed by atoms with E-state index in [1.54, 1.807) is 0 Å². The molecular weight excluding hydrogens is 312 g/mol. The molecule has 4 rings (SSSR count). The summed E-state index contributed by atoms with van der Waals surface area (Å²) in [5.41, 5.74) is 3.83. The average molecular weight is 334 g/mol. The van der Waals surface area contributed by atoms with Crippen molar-refractivity contribution in [2.45, 2.75) is 38.5 Å². The van der Waals surface area contributed by atoms with Gasteiger partial charge in [0, 0.05) is 17.0 Å². The fourth-order valence-electron chi connectivity index (χ4n) is 3.63. The molecule has 1 aliphatic carbocycles. The van der Waals surface area contributed by atoms with Gasteiger partial charge in [-0.25, -0.2) is 4.79 Å². The van der Waals surface area contributed by atoms with E-state index in [1.807, 2.05) is 24.3 Å². The number of rotatable bonds is 5. The minimum absolute atomic E-state index is 0.177. The maximum Gasteiger partial charge on any atom is 0.339 e. The Labute approximate surface area is 147 Å². The second-order valence-electron chi connectivity index (χ2n) is 6.65. The van der Waals surface area contributed by atoms with E-state index in [0.717, 1.165) is 55.2 Å². The molecule has 0 unspecified atom stereocenters. The smallest absolute Gasteiger partial charge is 0.339 e. The van der Waals surface area contributed by atoms with Gasteiger partial charge in [0.1, 0.15) is 11.3 Å². The highest BCUT2D eigenvalue weighted by atomic mass is 16.5. The Morgan fingerprint density at radius 1 is 0.960 bits per heavy atom. The van der Waals surface area contributed by atoms with Crippen molar-refractivity contribution >= 4 is 11.0 Å². The topological polar surface area (TPSA) is 39.4 Å². The monoisotopic (exact) mass is 334 g/mol. The first kappa shape index (κ1) is 15.9. The van der Waals surface area contributed by atoms with Crippen molar-refractivity contribution in [1.82, 2.24) is 0 Å². The molecule has 2 aromatic carbocycles. The zero-order valence-corrected chi connectivity index (χ0v) is 14.3. The number of aryl methyl sites for hydroxylation is 2. The van der Waals surface area contributed by atoms with Gasteiger partial charge in [-0.05, 0) is 61.8 Å². The summed E-state index contributed by atoms with van der Waals surface area (Å²) in [5.74, 6) is 0.763. The van der Waals surface area contributed by atoms with Gasteiger partial charge in [-0.1, -0.05) is 30.3 Å². The summed E-state index contributed by atoms with van der Waals surface area (Å²) in [6, 6.07) is 16.3. The van der Waals surface area contributed by atoms with E-state index >= 15 is 0 Å². The highest BCUT2D eigenvalue weighted by Crippen LogP contribution is 2.29. The van der Waals surface area contributed by atoms with Gasteiger partial charge in [-0.2, -0.15) is 0 Å². The minimum atomic E-state index is -0.177. The molecule has 0 atom stereocenters. The summed E-state index contributed by atoms with van der Waals surface area (Å²) in [7, 11) is 0. The van der Waals surface area contributed by atoms with Crippen LogP contribution in [0.2, 0.25) is 0 Å². The number of benzene rings is 2. The van der Waals surface area contributed by atoms with E-state index < -0.39 is 0 Å². The maximum absolute atomic E-state index is 12.2. The normalized spacial score (nSPS) is 13.6. The molecule has 3 heteroatoms. The van der Waals surface area contributed by atoms with Crippen molar-refractivity contribution in [3.8, 4) is 5.75 Å². The van der Waals surface area contributed by atoms with E-state index in [4.69, 9.17) is 9.15 Å². The van der Waals surface area contributed by atoms with Gasteiger partial charge < -0.3 is 9.15 Å². The van der Waals surface area contributed by atoms with Gasteiger partial charge in [0.05, 0.1) is 6.61 Å². The first-order valence-electron chi connectivity index (χ1n) is 9.06. The van der Waals surface area contributed by atoms with Crippen LogP contribution in [0.4, 0.5) is 0 Å². The predicted molar refractivity (Wildman–Crippen MR) is 99.4 cm³/mol. The molecule has 25 heavy (non-hydrogen) atoms. The van der Waals surface area contributed by atoms with Crippen LogP contribution in [0, 0.1) is 0 Å². The van der Waals surface area contributed by atoms with Crippen LogP contribution in [-0.4, -0.2) is 6.61 Å². The Morgan fingerprint density at radius 2 is 1.76 bits per heavy atom. The van der Waals surface area contributed by atoms with Crippen LogP contribution in [-0.2, 0) is 19.3 Å². The van der Waals surface area contributed by atoms with Gasteiger partial charge in [-0.15, -0.1) is 0 Å². The third-order valence-corrected chi connectivity index (χ3v) is 4.92. The molecule has 1 aliphatic rings. The van der Waals surface area contributed by atoms with Gasteiger partial charge in [0.25, 0.3) is 0 Å². The molecule has 0 radical (unpaired) electrons. The first-order valence-corrected chi connectivity index (χ1v) is 9.06. The lowest BCUT2D eigenvalue weighted by atomic mass is 9.91. The van der Waals surface area contributed by atoms with Crippen LogP contribution in [0.25, 0.3) is 11.0 Å². The summed E-state index contributed by atoms with van der Waals surface area (Å²) < 4.78 is 11.4. The number of fused-ring (bicyclic) bond motifs is 3. The largest absolute Gasteiger partial charge is 0.493 e. The van der Waals surface area contributed by atoms with Crippen LogP contribution in [0.5, 0.6) is 5.75 Å². The van der Waals surface area contributed by atoms with E-state index in [2.05, 4.69) is 24.3 Å². The molecule has 1 heterocycles. The molecule has 0 spiro atoms. The Kier molecular flexibility index (Phi) is 4.55. The molecule has 0 fully saturated rings. The van der Waals surface area contributed by atoms with Gasteiger partial charge >= 0.3 is 5.63 Å². The van der Waals surface area contributed by atoms with Gasteiger partial charge in [0.15, 0.2) is 0 Å². The van der Waals surface area contributed by atoms with Crippen LogP contribution >= 0.6 is 0 Å². The first-order chi connectivity index (χ1) is 12.3. The highest BCUT2D eigenvalue weighted by molar-refractivity contribution is 5.82. The van der Waals surface area contributed by atoms with E-state index in [-0.39, 0.29) is 5.63 Å². The second-order valence-corrected chi connectivity index (χ2v) is 6.65. The molecule has 0 aliphatic heterocycles. The fraction of sp³-hybridized carbons (Fsp3) is 0.318.